The van der Waals surface area contributed by atoms with E-state index in [0.29, 0.717) is 0 Å². The smallest absolute Gasteiger partial charge is 0.399 e. The van der Waals surface area contributed by atoms with Crippen molar-refractivity contribution >= 4 is 17.3 Å². The molecule has 0 heterocycles. The molecule has 0 aliphatic heterocycles. The van der Waals surface area contributed by atoms with Gasteiger partial charge in [0.15, 0.2) is 0 Å². The van der Waals surface area contributed by atoms with E-state index in [1.165, 1.54) is 18.2 Å². The van der Waals surface area contributed by atoms with Crippen molar-refractivity contribution in [2.45, 2.75) is 24.6 Å². The molecule has 1 aliphatic carbocycles. The zero-order valence-corrected chi connectivity index (χ0v) is 9.34. The normalized spacial score (nSPS) is 17.3. The third kappa shape index (κ3) is 2.20. The Balaban J connectivity index is 2.18. The van der Waals surface area contributed by atoms with Crippen LogP contribution in [0.5, 0.6) is 0 Å². The first kappa shape index (κ1) is 12.5. The molecule has 5 N–H and O–H groups in total. The fraction of sp³-hybridized carbons (Fsp3) is 0.364. The molecule has 1 aromatic carbocycles. The van der Waals surface area contributed by atoms with Gasteiger partial charge in [-0.2, -0.15) is 13.2 Å². The highest BCUT2D eigenvalue weighted by atomic mass is 19.4. The van der Waals surface area contributed by atoms with Crippen LogP contribution in [0.4, 0.5) is 24.5 Å². The van der Waals surface area contributed by atoms with Gasteiger partial charge in [-0.1, -0.05) is 0 Å². The lowest BCUT2D eigenvalue weighted by molar-refractivity contribution is -0.163. The highest BCUT2D eigenvalue weighted by molar-refractivity contribution is 5.96. The number of halogens is 3. The second-order valence-corrected chi connectivity index (χ2v) is 4.42. The van der Waals surface area contributed by atoms with Crippen LogP contribution in [0, 0.1) is 0 Å². The maximum Gasteiger partial charge on any atom is 0.411 e. The van der Waals surface area contributed by atoms with Crippen LogP contribution in [0.2, 0.25) is 0 Å². The summed E-state index contributed by atoms with van der Waals surface area (Å²) in [4.78, 5) is 11.7. The molecule has 4 nitrogen and oxygen atoms in total. The Morgan fingerprint density at radius 2 is 1.67 bits per heavy atom. The van der Waals surface area contributed by atoms with Crippen LogP contribution in [-0.4, -0.2) is 17.6 Å². The molecule has 0 bridgehead atoms. The molecule has 18 heavy (non-hydrogen) atoms. The van der Waals surface area contributed by atoms with E-state index in [1.54, 1.807) is 0 Å². The first-order valence-electron chi connectivity index (χ1n) is 5.29. The average Bonchev–Trinajstić information content (AvgIpc) is 2.96. The molecule has 1 fully saturated rings. The number of anilines is 2. The molecule has 0 atom stereocenters. The Morgan fingerprint density at radius 3 is 2.06 bits per heavy atom. The molecule has 0 saturated heterocycles. The number of hydrogen-bond acceptors (Lipinski definition) is 3. The van der Waals surface area contributed by atoms with Gasteiger partial charge in [0.05, 0.1) is 0 Å². The van der Waals surface area contributed by atoms with E-state index in [2.05, 4.69) is 0 Å². The van der Waals surface area contributed by atoms with Crippen molar-refractivity contribution in [1.29, 1.82) is 0 Å². The Kier molecular flexibility index (Phi) is 2.64. The summed E-state index contributed by atoms with van der Waals surface area (Å²) in [6.07, 6.45) is -4.63. The van der Waals surface area contributed by atoms with Gasteiger partial charge in [-0.15, -0.1) is 0 Å². The minimum Gasteiger partial charge on any atom is -0.399 e. The Bertz CT molecular complexity index is 475. The van der Waals surface area contributed by atoms with Gasteiger partial charge >= 0.3 is 6.18 Å². The van der Waals surface area contributed by atoms with Crippen molar-refractivity contribution in [1.82, 2.24) is 5.32 Å². The molecule has 1 saturated carbocycles. The molecule has 1 amide bonds. The van der Waals surface area contributed by atoms with E-state index in [-0.39, 0.29) is 29.8 Å². The Morgan fingerprint density at radius 1 is 1.17 bits per heavy atom. The van der Waals surface area contributed by atoms with Gasteiger partial charge in [0.2, 0.25) is 0 Å². The highest BCUT2D eigenvalue weighted by Crippen LogP contribution is 2.49. The quantitative estimate of drug-likeness (QED) is 0.707. The number of carbonyl (C=O) groups excluding carboxylic acids is 1. The Labute approximate surface area is 101 Å². The lowest BCUT2D eigenvalue weighted by atomic mass is 10.1. The first-order valence-corrected chi connectivity index (χ1v) is 5.29. The molecular weight excluding hydrogens is 247 g/mol. The van der Waals surface area contributed by atoms with Gasteiger partial charge in [0, 0.05) is 16.9 Å². The van der Waals surface area contributed by atoms with E-state index in [0.717, 1.165) is 0 Å². The number of nitrogens with two attached hydrogens (primary N) is 2. The van der Waals surface area contributed by atoms with Crippen molar-refractivity contribution in [2.24, 2.45) is 0 Å². The van der Waals surface area contributed by atoms with E-state index in [4.69, 9.17) is 11.5 Å². The first-order chi connectivity index (χ1) is 8.23. The van der Waals surface area contributed by atoms with Crippen LogP contribution < -0.4 is 16.8 Å². The van der Waals surface area contributed by atoms with Gasteiger partial charge in [-0.25, -0.2) is 0 Å². The van der Waals surface area contributed by atoms with Crippen molar-refractivity contribution < 1.29 is 18.0 Å². The molecule has 1 aromatic rings. The summed E-state index contributed by atoms with van der Waals surface area (Å²) in [6, 6.07) is 4.00. The van der Waals surface area contributed by atoms with Crippen LogP contribution in [0.25, 0.3) is 0 Å². The summed E-state index contributed by atoms with van der Waals surface area (Å²) in [5.41, 5.74) is 9.38. The second kappa shape index (κ2) is 3.79. The largest absolute Gasteiger partial charge is 0.411 e. The number of hydrogen-bond donors (Lipinski definition) is 3. The summed E-state index contributed by atoms with van der Waals surface area (Å²) in [6.45, 7) is 0. The van der Waals surface area contributed by atoms with E-state index < -0.39 is 17.6 Å². The van der Waals surface area contributed by atoms with Crippen molar-refractivity contribution in [2.75, 3.05) is 11.5 Å². The van der Waals surface area contributed by atoms with Crippen LogP contribution in [0.1, 0.15) is 23.2 Å². The van der Waals surface area contributed by atoms with Gasteiger partial charge in [0.25, 0.3) is 5.91 Å². The number of nitrogen functional groups attached to an aromatic ring is 2. The monoisotopic (exact) mass is 259 g/mol. The van der Waals surface area contributed by atoms with Crippen LogP contribution in [-0.2, 0) is 0 Å². The zero-order chi connectivity index (χ0) is 13.6. The molecule has 0 radical (unpaired) electrons. The summed E-state index contributed by atoms with van der Waals surface area (Å²) in [5.74, 6) is -0.816. The number of amides is 1. The molecule has 7 heteroatoms. The van der Waals surface area contributed by atoms with Gasteiger partial charge in [-0.05, 0) is 31.0 Å². The minimum atomic E-state index is -4.44. The SMILES string of the molecule is Nc1cc(N)cc(C(=O)NC2(C(F)(F)F)CC2)c1. The topological polar surface area (TPSA) is 81.1 Å². The number of benzene rings is 1. The van der Waals surface area contributed by atoms with E-state index in [9.17, 15) is 18.0 Å². The minimum absolute atomic E-state index is 0.0306. The number of nitrogens with one attached hydrogen (secondary N) is 1. The molecule has 2 rings (SSSR count). The number of rotatable bonds is 2. The predicted octanol–water partition coefficient (Wildman–Crippen LogP) is 1.68. The van der Waals surface area contributed by atoms with Crippen LogP contribution >= 0.6 is 0 Å². The lowest BCUT2D eigenvalue weighted by Crippen LogP contribution is -2.47. The number of alkyl halides is 3. The summed E-state index contributed by atoms with van der Waals surface area (Å²) < 4.78 is 38.0. The third-order valence-electron chi connectivity index (χ3n) is 2.89. The van der Waals surface area contributed by atoms with E-state index >= 15 is 0 Å². The molecule has 98 valence electrons. The maximum atomic E-state index is 12.7. The molecular formula is C11H12F3N3O. The van der Waals surface area contributed by atoms with Gasteiger partial charge < -0.3 is 16.8 Å². The molecule has 0 unspecified atom stereocenters. The summed E-state index contributed by atoms with van der Waals surface area (Å²) in [7, 11) is 0. The fourth-order valence-electron chi connectivity index (χ4n) is 1.70. The third-order valence-corrected chi connectivity index (χ3v) is 2.89. The highest BCUT2D eigenvalue weighted by Gasteiger charge is 2.64. The summed E-state index contributed by atoms with van der Waals surface area (Å²) >= 11 is 0. The molecule has 0 spiro atoms. The average molecular weight is 259 g/mol. The van der Waals surface area contributed by atoms with Crippen LogP contribution in [0.15, 0.2) is 18.2 Å². The standard InChI is InChI=1S/C11H12F3N3O/c12-11(13,14)10(1-2-10)17-9(18)6-3-7(15)5-8(16)4-6/h3-5H,1-2,15-16H2,(H,17,18). The van der Waals surface area contributed by atoms with Crippen molar-refractivity contribution in [3.8, 4) is 0 Å². The lowest BCUT2D eigenvalue weighted by Gasteiger charge is -2.20. The van der Waals surface area contributed by atoms with Crippen LogP contribution in [0.3, 0.4) is 0 Å². The number of carbonyl (C=O) groups is 1. The van der Waals surface area contributed by atoms with Crippen molar-refractivity contribution in [3.05, 3.63) is 23.8 Å². The summed E-state index contributed by atoms with van der Waals surface area (Å²) in [5, 5.41) is 2.00. The maximum absolute atomic E-state index is 12.7. The van der Waals surface area contributed by atoms with Gasteiger partial charge in [-0.3, -0.25) is 4.79 Å². The molecule has 0 aromatic heterocycles. The Hall–Kier alpha value is -1.92. The molecule has 1 aliphatic rings. The fourth-order valence-corrected chi connectivity index (χ4v) is 1.70. The second-order valence-electron chi connectivity index (χ2n) is 4.42. The zero-order valence-electron chi connectivity index (χ0n) is 9.34. The van der Waals surface area contributed by atoms with E-state index in [1.807, 2.05) is 5.32 Å². The predicted molar refractivity (Wildman–Crippen MR) is 60.8 cm³/mol. The van der Waals surface area contributed by atoms with Gasteiger partial charge in [0.1, 0.15) is 5.54 Å². The van der Waals surface area contributed by atoms with Crippen molar-refractivity contribution in [3.63, 3.8) is 0 Å².